The first-order valence-corrected chi connectivity index (χ1v) is 8.39. The Morgan fingerprint density at radius 3 is 2.37 bits per heavy atom. The molecule has 4 N–H and O–H groups in total. The lowest BCUT2D eigenvalue weighted by Crippen LogP contribution is -2.42. The maximum Gasteiger partial charge on any atom is 0.500 e. The fraction of sp³-hybridized carbons (Fsp3) is 1.00. The second-order valence-electron chi connectivity index (χ2n) is 4.12. The van der Waals surface area contributed by atoms with E-state index in [0.717, 1.165) is 6.42 Å². The van der Waals surface area contributed by atoms with Crippen LogP contribution in [0.1, 0.15) is 6.42 Å². The number of nitrogens with two attached hydrogens (primary N) is 1. The van der Waals surface area contributed by atoms with E-state index in [2.05, 4.69) is 5.32 Å². The molecule has 8 heteroatoms. The summed E-state index contributed by atoms with van der Waals surface area (Å²) >= 11 is 0. The highest BCUT2D eigenvalue weighted by molar-refractivity contribution is 6.60. The number of rotatable bonds is 13. The zero-order valence-electron chi connectivity index (χ0n) is 12.2. The average Bonchev–Trinajstić information content (AvgIpc) is 2.44. The van der Waals surface area contributed by atoms with E-state index in [1.165, 1.54) is 0 Å². The number of nitrogens with one attached hydrogen (secondary N) is 1. The first kappa shape index (κ1) is 18.9. The minimum Gasteiger partial charge on any atom is -0.389 e. The highest BCUT2D eigenvalue weighted by Crippen LogP contribution is 2.14. The molecule has 0 aromatic heterocycles. The standard InChI is InChI=1S/C11H28N2O5Si/c1-15-19(16-2,17-3)8-4-7-18-10-11(14)9-13-6-5-12/h11,13-14H,4-10,12H2,1-3H3. The van der Waals surface area contributed by atoms with E-state index in [0.29, 0.717) is 38.9 Å². The maximum atomic E-state index is 9.58. The Balaban J connectivity index is 3.58. The summed E-state index contributed by atoms with van der Waals surface area (Å²) in [5.41, 5.74) is 5.33. The van der Waals surface area contributed by atoms with Gasteiger partial charge in [0.2, 0.25) is 0 Å². The van der Waals surface area contributed by atoms with E-state index in [1.54, 1.807) is 21.3 Å². The number of aliphatic hydroxyl groups excluding tert-OH is 1. The summed E-state index contributed by atoms with van der Waals surface area (Å²) in [6.07, 6.45) is 0.255. The van der Waals surface area contributed by atoms with Crippen molar-refractivity contribution in [3.8, 4) is 0 Å². The predicted molar refractivity (Wildman–Crippen MR) is 75.0 cm³/mol. The lowest BCUT2D eigenvalue weighted by atomic mass is 10.3. The van der Waals surface area contributed by atoms with Gasteiger partial charge in [0, 0.05) is 53.6 Å². The molecular formula is C11H28N2O5Si. The zero-order valence-corrected chi connectivity index (χ0v) is 13.2. The van der Waals surface area contributed by atoms with E-state index in [1.807, 2.05) is 0 Å². The van der Waals surface area contributed by atoms with Crippen LogP contribution in [0.2, 0.25) is 6.04 Å². The van der Waals surface area contributed by atoms with Crippen LogP contribution in [-0.4, -0.2) is 74.2 Å². The molecule has 0 bridgehead atoms. The fourth-order valence-electron chi connectivity index (χ4n) is 1.60. The van der Waals surface area contributed by atoms with Crippen LogP contribution in [-0.2, 0) is 18.0 Å². The second-order valence-corrected chi connectivity index (χ2v) is 7.21. The summed E-state index contributed by atoms with van der Waals surface area (Å²) in [6.45, 7) is 2.59. The van der Waals surface area contributed by atoms with Crippen LogP contribution in [0.25, 0.3) is 0 Å². The molecule has 0 saturated carbocycles. The normalized spacial score (nSPS) is 13.7. The zero-order chi connectivity index (χ0) is 14.6. The van der Waals surface area contributed by atoms with Crippen molar-refractivity contribution in [2.45, 2.75) is 18.6 Å². The van der Waals surface area contributed by atoms with Gasteiger partial charge in [0.05, 0.1) is 12.7 Å². The molecule has 0 fully saturated rings. The minimum atomic E-state index is -2.49. The third-order valence-electron chi connectivity index (χ3n) is 2.72. The van der Waals surface area contributed by atoms with E-state index < -0.39 is 14.9 Å². The van der Waals surface area contributed by atoms with E-state index in [4.69, 9.17) is 23.7 Å². The van der Waals surface area contributed by atoms with Crippen LogP contribution in [0, 0.1) is 0 Å². The van der Waals surface area contributed by atoms with E-state index >= 15 is 0 Å². The fourth-order valence-corrected chi connectivity index (χ4v) is 3.29. The van der Waals surface area contributed by atoms with Crippen molar-refractivity contribution in [3.63, 3.8) is 0 Å². The highest BCUT2D eigenvalue weighted by atomic mass is 28.4. The highest BCUT2D eigenvalue weighted by Gasteiger charge is 2.36. The maximum absolute atomic E-state index is 9.58. The van der Waals surface area contributed by atoms with Gasteiger partial charge >= 0.3 is 8.80 Å². The van der Waals surface area contributed by atoms with Gasteiger partial charge in [-0.2, -0.15) is 0 Å². The summed E-state index contributed by atoms with van der Waals surface area (Å²) in [5, 5.41) is 12.6. The molecule has 1 atom stereocenters. The second kappa shape index (κ2) is 11.7. The quantitative estimate of drug-likeness (QED) is 0.302. The van der Waals surface area contributed by atoms with Crippen LogP contribution in [0.3, 0.4) is 0 Å². The van der Waals surface area contributed by atoms with Gasteiger partial charge in [0.25, 0.3) is 0 Å². The summed E-state index contributed by atoms with van der Waals surface area (Å²) in [5.74, 6) is 0. The predicted octanol–water partition coefficient (Wildman–Crippen LogP) is -0.820. The third-order valence-corrected chi connectivity index (χ3v) is 5.55. The molecular weight excluding hydrogens is 268 g/mol. The Bertz CT molecular complexity index is 199. The summed E-state index contributed by atoms with van der Waals surface area (Å²) in [6, 6.07) is 0.692. The van der Waals surface area contributed by atoms with Crippen molar-refractivity contribution in [1.82, 2.24) is 5.32 Å². The number of ether oxygens (including phenoxy) is 1. The van der Waals surface area contributed by atoms with Crippen molar-refractivity contribution in [1.29, 1.82) is 0 Å². The lowest BCUT2D eigenvalue weighted by molar-refractivity contribution is 0.0354. The Morgan fingerprint density at radius 1 is 1.21 bits per heavy atom. The molecule has 0 aromatic carbocycles. The molecule has 0 radical (unpaired) electrons. The molecule has 1 unspecified atom stereocenters. The summed E-state index contributed by atoms with van der Waals surface area (Å²) in [4.78, 5) is 0. The first-order valence-electron chi connectivity index (χ1n) is 6.46. The molecule has 0 aliphatic rings. The molecule has 19 heavy (non-hydrogen) atoms. The van der Waals surface area contributed by atoms with Crippen LogP contribution < -0.4 is 11.1 Å². The largest absolute Gasteiger partial charge is 0.500 e. The monoisotopic (exact) mass is 296 g/mol. The first-order chi connectivity index (χ1) is 9.14. The van der Waals surface area contributed by atoms with Crippen LogP contribution >= 0.6 is 0 Å². The molecule has 0 aromatic rings. The lowest BCUT2D eigenvalue weighted by Gasteiger charge is -2.24. The molecule has 0 saturated heterocycles. The van der Waals surface area contributed by atoms with Crippen LogP contribution in [0.15, 0.2) is 0 Å². The number of hydrogen-bond acceptors (Lipinski definition) is 7. The Kier molecular flexibility index (Phi) is 11.7. The van der Waals surface area contributed by atoms with Gasteiger partial charge in [-0.25, -0.2) is 0 Å². The van der Waals surface area contributed by atoms with Gasteiger partial charge in [-0.1, -0.05) is 0 Å². The number of hydrogen-bond donors (Lipinski definition) is 3. The molecule has 0 spiro atoms. The van der Waals surface area contributed by atoms with E-state index in [-0.39, 0.29) is 0 Å². The van der Waals surface area contributed by atoms with Crippen LogP contribution in [0.4, 0.5) is 0 Å². The Hall–Kier alpha value is -0.0631. The summed E-state index contributed by atoms with van der Waals surface area (Å²) in [7, 11) is 2.28. The van der Waals surface area contributed by atoms with Crippen molar-refractivity contribution >= 4 is 8.80 Å². The van der Waals surface area contributed by atoms with Gasteiger partial charge in [0.1, 0.15) is 0 Å². The van der Waals surface area contributed by atoms with Crippen molar-refractivity contribution in [2.24, 2.45) is 5.73 Å². The smallest absolute Gasteiger partial charge is 0.389 e. The Morgan fingerprint density at radius 2 is 1.84 bits per heavy atom. The Labute approximate surface area is 116 Å². The van der Waals surface area contributed by atoms with Crippen molar-refractivity contribution in [2.75, 3.05) is 54.2 Å². The topological polar surface area (TPSA) is 95.2 Å². The van der Waals surface area contributed by atoms with Crippen molar-refractivity contribution < 1.29 is 23.1 Å². The van der Waals surface area contributed by atoms with Gasteiger partial charge in [-0.05, 0) is 6.42 Å². The summed E-state index contributed by atoms with van der Waals surface area (Å²) < 4.78 is 21.3. The van der Waals surface area contributed by atoms with Gasteiger partial charge in [-0.15, -0.1) is 0 Å². The number of aliphatic hydroxyl groups is 1. The van der Waals surface area contributed by atoms with Crippen LogP contribution in [0.5, 0.6) is 0 Å². The molecule has 0 amide bonds. The molecule has 7 nitrogen and oxygen atoms in total. The van der Waals surface area contributed by atoms with Gasteiger partial charge in [0.15, 0.2) is 0 Å². The SMILES string of the molecule is CO[Si](CCCOCC(O)CNCCN)(OC)OC. The molecule has 0 aliphatic carbocycles. The molecule has 0 rings (SSSR count). The molecule has 116 valence electrons. The third kappa shape index (κ3) is 8.66. The van der Waals surface area contributed by atoms with Gasteiger partial charge < -0.3 is 34.2 Å². The van der Waals surface area contributed by atoms with Gasteiger partial charge in [-0.3, -0.25) is 0 Å². The average molecular weight is 296 g/mol. The molecule has 0 aliphatic heterocycles. The molecule has 0 heterocycles. The van der Waals surface area contributed by atoms with Crippen molar-refractivity contribution in [3.05, 3.63) is 0 Å². The van der Waals surface area contributed by atoms with E-state index in [9.17, 15) is 5.11 Å². The minimum absolute atomic E-state index is 0.305.